The summed E-state index contributed by atoms with van der Waals surface area (Å²) < 4.78 is 12.7. The van der Waals surface area contributed by atoms with Crippen LogP contribution < -0.4 is 14.4 Å². The highest BCUT2D eigenvalue weighted by molar-refractivity contribution is 6.52. The number of aryl methyl sites for hydroxylation is 1. The Bertz CT molecular complexity index is 1550. The zero-order chi connectivity index (χ0) is 25.6. The van der Waals surface area contributed by atoms with Crippen LogP contribution in [0, 0.1) is 0 Å². The summed E-state index contributed by atoms with van der Waals surface area (Å²) in [4.78, 5) is 28.4. The number of ketones is 1. The number of para-hydroxylation sites is 1. The average molecular weight is 503 g/mol. The fraction of sp³-hybridized carbons (Fsp3) is 0.143. The lowest BCUT2D eigenvalue weighted by molar-refractivity contribution is -0.132. The molecule has 1 atom stereocenters. The van der Waals surface area contributed by atoms with Crippen molar-refractivity contribution < 1.29 is 24.2 Å². The molecule has 2 heterocycles. The van der Waals surface area contributed by atoms with Crippen LogP contribution in [-0.4, -0.2) is 35.6 Å². The fourth-order valence-corrected chi connectivity index (χ4v) is 4.94. The SMILES string of the molecule is COc1ccc(OC)c(/C(O)=C2\C(=O)C(=O)N(c3cccc(Cl)c3)C2c2cn(C)c3ccccc23)c1. The molecule has 0 spiro atoms. The van der Waals surface area contributed by atoms with Crippen molar-refractivity contribution in [3.63, 3.8) is 0 Å². The predicted octanol–water partition coefficient (Wildman–Crippen LogP) is 5.48. The highest BCUT2D eigenvalue weighted by Crippen LogP contribution is 2.46. The van der Waals surface area contributed by atoms with Gasteiger partial charge in [0, 0.05) is 40.4 Å². The zero-order valence-electron chi connectivity index (χ0n) is 19.9. The number of carbonyl (C=O) groups is 2. The molecule has 4 aromatic rings. The number of aliphatic hydroxyl groups excluding tert-OH is 1. The maximum atomic E-state index is 13.5. The van der Waals surface area contributed by atoms with Gasteiger partial charge in [-0.2, -0.15) is 0 Å². The summed E-state index contributed by atoms with van der Waals surface area (Å²) in [6.07, 6.45) is 1.87. The number of anilines is 1. The summed E-state index contributed by atoms with van der Waals surface area (Å²) in [5.74, 6) is -1.14. The van der Waals surface area contributed by atoms with Gasteiger partial charge in [-0.05, 0) is 42.5 Å². The topological polar surface area (TPSA) is 81.0 Å². The maximum absolute atomic E-state index is 13.5. The van der Waals surface area contributed by atoms with Gasteiger partial charge in [0.25, 0.3) is 11.7 Å². The Morgan fingerprint density at radius 1 is 0.972 bits per heavy atom. The monoisotopic (exact) mass is 502 g/mol. The molecule has 1 fully saturated rings. The van der Waals surface area contributed by atoms with Crippen molar-refractivity contribution in [2.75, 3.05) is 19.1 Å². The summed E-state index contributed by atoms with van der Waals surface area (Å²) in [5.41, 5.74) is 2.24. The number of benzene rings is 3. The third-order valence-corrected chi connectivity index (χ3v) is 6.65. The second-order valence-corrected chi connectivity index (χ2v) is 8.86. The van der Waals surface area contributed by atoms with Gasteiger partial charge in [-0.1, -0.05) is 35.9 Å². The lowest BCUT2D eigenvalue weighted by atomic mass is 9.94. The quantitative estimate of drug-likeness (QED) is 0.222. The number of aliphatic hydroxyl groups is 1. The number of aromatic nitrogens is 1. The minimum absolute atomic E-state index is 0.0529. The summed E-state index contributed by atoms with van der Waals surface area (Å²) >= 11 is 6.25. The molecule has 1 amide bonds. The van der Waals surface area contributed by atoms with E-state index in [4.69, 9.17) is 21.1 Å². The van der Waals surface area contributed by atoms with Crippen molar-refractivity contribution in [2.24, 2.45) is 7.05 Å². The fourth-order valence-electron chi connectivity index (χ4n) is 4.75. The molecule has 8 heteroatoms. The highest BCUT2D eigenvalue weighted by Gasteiger charge is 2.48. The summed E-state index contributed by atoms with van der Waals surface area (Å²) in [5, 5.41) is 12.8. The molecule has 1 aliphatic rings. The molecule has 182 valence electrons. The van der Waals surface area contributed by atoms with Crippen molar-refractivity contribution in [2.45, 2.75) is 6.04 Å². The zero-order valence-corrected chi connectivity index (χ0v) is 20.6. The molecule has 7 nitrogen and oxygen atoms in total. The van der Waals surface area contributed by atoms with Gasteiger partial charge in [0.1, 0.15) is 17.3 Å². The van der Waals surface area contributed by atoms with Crippen LogP contribution in [-0.2, 0) is 16.6 Å². The van der Waals surface area contributed by atoms with Crippen molar-refractivity contribution in [1.82, 2.24) is 4.57 Å². The van der Waals surface area contributed by atoms with Crippen LogP contribution in [0.1, 0.15) is 17.2 Å². The Morgan fingerprint density at radius 3 is 2.47 bits per heavy atom. The summed E-state index contributed by atoms with van der Waals surface area (Å²) in [6.45, 7) is 0. The van der Waals surface area contributed by atoms with Gasteiger partial charge in [-0.3, -0.25) is 14.5 Å². The number of methoxy groups -OCH3 is 2. The lowest BCUT2D eigenvalue weighted by Gasteiger charge is -2.25. The van der Waals surface area contributed by atoms with Crippen molar-refractivity contribution in [3.8, 4) is 11.5 Å². The summed E-state index contributed by atoms with van der Waals surface area (Å²) in [6, 6.07) is 18.4. The third kappa shape index (κ3) is 3.69. The first-order valence-electron chi connectivity index (χ1n) is 11.2. The first-order valence-corrected chi connectivity index (χ1v) is 11.6. The van der Waals surface area contributed by atoms with E-state index in [1.165, 1.54) is 19.1 Å². The van der Waals surface area contributed by atoms with Crippen molar-refractivity contribution in [3.05, 3.63) is 94.6 Å². The Kier molecular flexibility index (Phi) is 5.94. The molecule has 1 unspecified atom stereocenters. The van der Waals surface area contributed by atoms with Crippen molar-refractivity contribution >= 4 is 45.6 Å². The molecule has 0 radical (unpaired) electrons. The second-order valence-electron chi connectivity index (χ2n) is 8.43. The molecule has 0 saturated carbocycles. The Labute approximate surface area is 212 Å². The van der Waals surface area contributed by atoms with E-state index in [9.17, 15) is 14.7 Å². The number of halogens is 1. The molecule has 5 rings (SSSR count). The number of hydrogen-bond donors (Lipinski definition) is 1. The number of carbonyl (C=O) groups excluding carboxylic acids is 2. The Hall–Kier alpha value is -4.23. The summed E-state index contributed by atoms with van der Waals surface area (Å²) in [7, 11) is 4.85. The number of fused-ring (bicyclic) bond motifs is 1. The average Bonchev–Trinajstić information content (AvgIpc) is 3.36. The number of Topliss-reactive ketones (excluding diaryl/α,β-unsaturated/α-hetero) is 1. The number of nitrogens with zero attached hydrogens (tertiary/aromatic N) is 2. The van der Waals surface area contributed by atoms with Gasteiger partial charge < -0.3 is 19.1 Å². The Morgan fingerprint density at radius 2 is 1.75 bits per heavy atom. The van der Waals surface area contributed by atoms with Gasteiger partial charge in [-0.15, -0.1) is 0 Å². The largest absolute Gasteiger partial charge is 0.507 e. The maximum Gasteiger partial charge on any atom is 0.300 e. The van der Waals surface area contributed by atoms with Crippen molar-refractivity contribution in [1.29, 1.82) is 0 Å². The standard InChI is InChI=1S/C28H23ClN2O5/c1-30-15-21(19-9-4-5-10-22(19)30)25-24(26(32)20-14-18(35-2)11-12-23(20)36-3)27(33)28(34)31(25)17-8-6-7-16(29)13-17/h4-15,25,32H,1-3H3/b26-24+. The minimum Gasteiger partial charge on any atom is -0.507 e. The molecule has 1 aromatic heterocycles. The van der Waals surface area contributed by atoms with Crippen LogP contribution in [0.25, 0.3) is 16.7 Å². The van der Waals surface area contributed by atoms with Crippen LogP contribution in [0.5, 0.6) is 11.5 Å². The number of rotatable bonds is 5. The third-order valence-electron chi connectivity index (χ3n) is 6.41. The van der Waals surface area contributed by atoms with Crippen LogP contribution in [0.15, 0.2) is 78.5 Å². The first kappa shape index (κ1) is 23.5. The van der Waals surface area contributed by atoms with Gasteiger partial charge >= 0.3 is 0 Å². The van der Waals surface area contributed by atoms with Gasteiger partial charge in [0.05, 0.1) is 31.4 Å². The van der Waals surface area contributed by atoms with E-state index >= 15 is 0 Å². The molecule has 0 bridgehead atoms. The van der Waals surface area contributed by atoms with Gasteiger partial charge in [0.2, 0.25) is 0 Å². The number of ether oxygens (including phenoxy) is 2. The predicted molar refractivity (Wildman–Crippen MR) is 139 cm³/mol. The molecular weight excluding hydrogens is 480 g/mol. The molecule has 36 heavy (non-hydrogen) atoms. The van der Waals surface area contributed by atoms with Crippen LogP contribution in [0.4, 0.5) is 5.69 Å². The number of hydrogen-bond acceptors (Lipinski definition) is 5. The minimum atomic E-state index is -0.912. The normalized spacial score (nSPS) is 17.1. The van der Waals surface area contributed by atoms with E-state index in [0.717, 1.165) is 10.9 Å². The van der Waals surface area contributed by atoms with Gasteiger partial charge in [-0.25, -0.2) is 0 Å². The van der Waals surface area contributed by atoms with Crippen LogP contribution in [0.2, 0.25) is 5.02 Å². The lowest BCUT2D eigenvalue weighted by Crippen LogP contribution is -2.29. The molecule has 1 saturated heterocycles. The van der Waals surface area contributed by atoms with E-state index < -0.39 is 17.7 Å². The van der Waals surface area contributed by atoms with Gasteiger partial charge in [0.15, 0.2) is 0 Å². The van der Waals surface area contributed by atoms with Crippen LogP contribution in [0.3, 0.4) is 0 Å². The molecule has 1 aliphatic heterocycles. The van der Waals surface area contributed by atoms with E-state index in [0.29, 0.717) is 27.8 Å². The smallest absolute Gasteiger partial charge is 0.300 e. The molecule has 1 N–H and O–H groups in total. The van der Waals surface area contributed by atoms with E-state index in [-0.39, 0.29) is 16.9 Å². The van der Waals surface area contributed by atoms with E-state index in [2.05, 4.69) is 0 Å². The highest BCUT2D eigenvalue weighted by atomic mass is 35.5. The number of amides is 1. The molecule has 0 aliphatic carbocycles. The van der Waals surface area contributed by atoms with E-state index in [1.807, 2.05) is 42.1 Å². The van der Waals surface area contributed by atoms with E-state index in [1.54, 1.807) is 42.5 Å². The Balaban J connectivity index is 1.83. The van der Waals surface area contributed by atoms with Crippen LogP contribution >= 0.6 is 11.6 Å². The second kappa shape index (κ2) is 9.09. The molecular formula is C28H23ClN2O5. The molecule has 3 aromatic carbocycles. The first-order chi connectivity index (χ1) is 17.3.